The molecular weight excluding hydrogens is 178 g/mol. The van der Waals surface area contributed by atoms with Gasteiger partial charge in [0.15, 0.2) is 0 Å². The Bertz CT molecular complexity index is 317. The van der Waals surface area contributed by atoms with E-state index in [2.05, 4.69) is 10.4 Å². The standard InChI is InChI=1S/C10H17N3O/c1-7-9(5-12-13(7)2)10(14)6-11-8-3-4-8/h5,8,10-11,14H,3-4,6H2,1-2H3. The predicted octanol–water partition coefficient (Wildman–Crippen LogP) is 0.514. The number of nitrogens with zero attached hydrogens (tertiary/aromatic N) is 2. The summed E-state index contributed by atoms with van der Waals surface area (Å²) in [6.07, 6.45) is 3.82. The number of aliphatic hydroxyl groups excluding tert-OH is 1. The van der Waals surface area contributed by atoms with Gasteiger partial charge in [-0.3, -0.25) is 4.68 Å². The highest BCUT2D eigenvalue weighted by molar-refractivity contribution is 5.19. The fourth-order valence-corrected chi connectivity index (χ4v) is 1.52. The van der Waals surface area contributed by atoms with E-state index in [1.807, 2.05) is 14.0 Å². The minimum atomic E-state index is -0.427. The van der Waals surface area contributed by atoms with E-state index in [-0.39, 0.29) is 0 Å². The van der Waals surface area contributed by atoms with Crippen molar-refractivity contribution < 1.29 is 5.11 Å². The summed E-state index contributed by atoms with van der Waals surface area (Å²) in [7, 11) is 1.89. The maximum absolute atomic E-state index is 9.88. The fraction of sp³-hybridized carbons (Fsp3) is 0.700. The zero-order valence-corrected chi connectivity index (χ0v) is 8.70. The van der Waals surface area contributed by atoms with Crippen LogP contribution in [0.25, 0.3) is 0 Å². The van der Waals surface area contributed by atoms with Crippen molar-refractivity contribution in [1.82, 2.24) is 15.1 Å². The number of aliphatic hydroxyl groups is 1. The molecule has 1 aliphatic carbocycles. The minimum Gasteiger partial charge on any atom is -0.387 e. The van der Waals surface area contributed by atoms with Crippen molar-refractivity contribution in [2.75, 3.05) is 6.54 Å². The molecular formula is C10H17N3O. The van der Waals surface area contributed by atoms with Crippen molar-refractivity contribution in [3.05, 3.63) is 17.5 Å². The van der Waals surface area contributed by atoms with Crippen LogP contribution in [0.4, 0.5) is 0 Å². The average Bonchev–Trinajstić information content (AvgIpc) is 2.92. The van der Waals surface area contributed by atoms with Crippen molar-refractivity contribution in [3.8, 4) is 0 Å². The summed E-state index contributed by atoms with van der Waals surface area (Å²) in [5.74, 6) is 0. The van der Waals surface area contributed by atoms with E-state index in [1.54, 1.807) is 10.9 Å². The molecule has 0 spiro atoms. The lowest BCUT2D eigenvalue weighted by Crippen LogP contribution is -2.23. The molecule has 4 heteroatoms. The number of aryl methyl sites for hydroxylation is 1. The molecule has 0 aliphatic heterocycles. The highest BCUT2D eigenvalue weighted by Crippen LogP contribution is 2.21. The van der Waals surface area contributed by atoms with E-state index in [1.165, 1.54) is 12.8 Å². The molecule has 0 radical (unpaired) electrons. The lowest BCUT2D eigenvalue weighted by Gasteiger charge is -2.10. The van der Waals surface area contributed by atoms with Gasteiger partial charge >= 0.3 is 0 Å². The van der Waals surface area contributed by atoms with E-state index >= 15 is 0 Å². The quantitative estimate of drug-likeness (QED) is 0.736. The molecule has 1 fully saturated rings. The first kappa shape index (κ1) is 9.68. The third kappa shape index (κ3) is 1.96. The molecule has 78 valence electrons. The highest BCUT2D eigenvalue weighted by atomic mass is 16.3. The molecule has 0 saturated heterocycles. The molecule has 1 heterocycles. The monoisotopic (exact) mass is 195 g/mol. The maximum atomic E-state index is 9.88. The van der Waals surface area contributed by atoms with Crippen LogP contribution < -0.4 is 5.32 Å². The van der Waals surface area contributed by atoms with Crippen LogP contribution in [0.1, 0.15) is 30.2 Å². The lowest BCUT2D eigenvalue weighted by atomic mass is 10.1. The minimum absolute atomic E-state index is 0.427. The van der Waals surface area contributed by atoms with Crippen LogP contribution in [-0.2, 0) is 7.05 Å². The van der Waals surface area contributed by atoms with Crippen LogP contribution in [0.5, 0.6) is 0 Å². The van der Waals surface area contributed by atoms with E-state index in [9.17, 15) is 5.11 Å². The number of hydrogen-bond acceptors (Lipinski definition) is 3. The van der Waals surface area contributed by atoms with Gasteiger partial charge in [0.1, 0.15) is 0 Å². The van der Waals surface area contributed by atoms with E-state index in [0.29, 0.717) is 12.6 Å². The van der Waals surface area contributed by atoms with Gasteiger partial charge in [0.25, 0.3) is 0 Å². The zero-order valence-electron chi connectivity index (χ0n) is 8.70. The second-order valence-corrected chi connectivity index (χ2v) is 4.01. The lowest BCUT2D eigenvalue weighted by molar-refractivity contribution is 0.173. The topological polar surface area (TPSA) is 50.1 Å². The number of aromatic nitrogens is 2. The summed E-state index contributed by atoms with van der Waals surface area (Å²) in [4.78, 5) is 0. The molecule has 1 saturated carbocycles. The van der Waals surface area contributed by atoms with Gasteiger partial charge in [0.2, 0.25) is 0 Å². The van der Waals surface area contributed by atoms with Gasteiger partial charge in [-0.25, -0.2) is 0 Å². The molecule has 2 rings (SSSR count). The van der Waals surface area contributed by atoms with Crippen molar-refractivity contribution in [3.63, 3.8) is 0 Å². The molecule has 0 aromatic carbocycles. The second-order valence-electron chi connectivity index (χ2n) is 4.01. The van der Waals surface area contributed by atoms with Crippen molar-refractivity contribution in [2.24, 2.45) is 7.05 Å². The highest BCUT2D eigenvalue weighted by Gasteiger charge is 2.22. The first-order valence-electron chi connectivity index (χ1n) is 5.08. The van der Waals surface area contributed by atoms with Crippen LogP contribution in [-0.4, -0.2) is 27.5 Å². The Hall–Kier alpha value is -0.870. The molecule has 0 bridgehead atoms. The molecule has 2 N–H and O–H groups in total. The Morgan fingerprint density at radius 1 is 1.71 bits per heavy atom. The zero-order chi connectivity index (χ0) is 10.1. The van der Waals surface area contributed by atoms with Crippen LogP contribution >= 0.6 is 0 Å². The molecule has 1 atom stereocenters. The number of nitrogens with one attached hydrogen (secondary N) is 1. The van der Waals surface area contributed by atoms with Crippen LogP contribution in [0.3, 0.4) is 0 Å². The van der Waals surface area contributed by atoms with Gasteiger partial charge in [-0.2, -0.15) is 5.10 Å². The number of hydrogen-bond donors (Lipinski definition) is 2. The molecule has 14 heavy (non-hydrogen) atoms. The normalized spacial score (nSPS) is 18.5. The van der Waals surface area contributed by atoms with Crippen LogP contribution in [0.2, 0.25) is 0 Å². The van der Waals surface area contributed by atoms with Crippen LogP contribution in [0.15, 0.2) is 6.20 Å². The SMILES string of the molecule is Cc1c(C(O)CNC2CC2)cnn1C. The Morgan fingerprint density at radius 3 is 2.93 bits per heavy atom. The van der Waals surface area contributed by atoms with Crippen molar-refractivity contribution >= 4 is 0 Å². The van der Waals surface area contributed by atoms with Crippen LogP contribution in [0, 0.1) is 6.92 Å². The molecule has 0 amide bonds. The summed E-state index contributed by atoms with van der Waals surface area (Å²) in [5.41, 5.74) is 1.97. The third-order valence-corrected chi connectivity index (χ3v) is 2.81. The first-order valence-corrected chi connectivity index (χ1v) is 5.08. The Morgan fingerprint density at radius 2 is 2.43 bits per heavy atom. The third-order valence-electron chi connectivity index (χ3n) is 2.81. The number of rotatable bonds is 4. The summed E-state index contributed by atoms with van der Waals surface area (Å²) in [5, 5.41) is 17.3. The van der Waals surface area contributed by atoms with Crippen molar-refractivity contribution in [2.45, 2.75) is 31.9 Å². The van der Waals surface area contributed by atoms with Gasteiger partial charge in [0, 0.05) is 30.9 Å². The molecule has 1 aromatic heterocycles. The summed E-state index contributed by atoms with van der Waals surface area (Å²) in [6, 6.07) is 0.640. The summed E-state index contributed by atoms with van der Waals surface area (Å²) < 4.78 is 1.79. The van der Waals surface area contributed by atoms with Gasteiger partial charge in [0.05, 0.1) is 12.3 Å². The van der Waals surface area contributed by atoms with E-state index < -0.39 is 6.10 Å². The first-order chi connectivity index (χ1) is 6.68. The Kier molecular flexibility index (Phi) is 2.56. The molecule has 4 nitrogen and oxygen atoms in total. The predicted molar refractivity (Wildman–Crippen MR) is 53.9 cm³/mol. The average molecular weight is 195 g/mol. The molecule has 1 aliphatic rings. The molecule has 1 unspecified atom stereocenters. The summed E-state index contributed by atoms with van der Waals surface area (Å²) >= 11 is 0. The van der Waals surface area contributed by atoms with E-state index in [0.717, 1.165) is 11.3 Å². The van der Waals surface area contributed by atoms with E-state index in [4.69, 9.17) is 0 Å². The summed E-state index contributed by atoms with van der Waals surface area (Å²) in [6.45, 7) is 2.61. The Labute approximate surface area is 83.9 Å². The second kappa shape index (κ2) is 3.71. The smallest absolute Gasteiger partial charge is 0.0947 e. The van der Waals surface area contributed by atoms with Gasteiger partial charge in [-0.15, -0.1) is 0 Å². The van der Waals surface area contributed by atoms with Gasteiger partial charge < -0.3 is 10.4 Å². The maximum Gasteiger partial charge on any atom is 0.0947 e. The molecule has 1 aromatic rings. The fourth-order valence-electron chi connectivity index (χ4n) is 1.52. The largest absolute Gasteiger partial charge is 0.387 e. The van der Waals surface area contributed by atoms with Gasteiger partial charge in [-0.1, -0.05) is 0 Å². The Balaban J connectivity index is 1.95. The van der Waals surface area contributed by atoms with Gasteiger partial charge in [-0.05, 0) is 19.8 Å². The van der Waals surface area contributed by atoms with Crippen molar-refractivity contribution in [1.29, 1.82) is 0 Å².